The van der Waals surface area contributed by atoms with Gasteiger partial charge in [0.25, 0.3) is 0 Å². The number of anilines is 1. The van der Waals surface area contributed by atoms with Crippen molar-refractivity contribution in [3.63, 3.8) is 0 Å². The monoisotopic (exact) mass is 407 g/mol. The SMILES string of the molecule is O=C(Cc1cccc2ncccc12)CN1CCC(Nc2ccc(F)cc2CO)CC1. The Hall–Kier alpha value is -2.83. The fourth-order valence-corrected chi connectivity index (χ4v) is 4.13. The van der Waals surface area contributed by atoms with Crippen molar-refractivity contribution in [3.05, 3.63) is 71.7 Å². The van der Waals surface area contributed by atoms with Crippen LogP contribution in [0, 0.1) is 5.82 Å². The third-order valence-electron chi connectivity index (χ3n) is 5.71. The number of Topliss-reactive ketones (excluding diaryl/α,β-unsaturated/α-hetero) is 1. The van der Waals surface area contributed by atoms with Crippen LogP contribution in [-0.2, 0) is 17.8 Å². The molecule has 6 heteroatoms. The molecule has 0 amide bonds. The van der Waals surface area contributed by atoms with Crippen LogP contribution in [0.1, 0.15) is 24.0 Å². The molecule has 0 bridgehead atoms. The molecule has 1 aliphatic heterocycles. The number of rotatable bonds is 7. The van der Waals surface area contributed by atoms with Crippen LogP contribution in [0.25, 0.3) is 10.9 Å². The number of fused-ring (bicyclic) bond motifs is 1. The lowest BCUT2D eigenvalue weighted by molar-refractivity contribution is -0.119. The van der Waals surface area contributed by atoms with Crippen LogP contribution in [0.2, 0.25) is 0 Å². The normalized spacial score (nSPS) is 15.4. The second kappa shape index (κ2) is 9.32. The topological polar surface area (TPSA) is 65.5 Å². The van der Waals surface area contributed by atoms with E-state index in [1.54, 1.807) is 12.3 Å². The molecule has 0 unspecified atom stereocenters. The summed E-state index contributed by atoms with van der Waals surface area (Å²) in [7, 11) is 0. The van der Waals surface area contributed by atoms with Gasteiger partial charge in [-0.15, -0.1) is 0 Å². The second-order valence-corrected chi connectivity index (χ2v) is 7.86. The fraction of sp³-hybridized carbons (Fsp3) is 0.333. The lowest BCUT2D eigenvalue weighted by Gasteiger charge is -2.32. The maximum Gasteiger partial charge on any atom is 0.151 e. The number of ketones is 1. The van der Waals surface area contributed by atoms with Gasteiger partial charge in [-0.05, 0) is 48.7 Å². The molecule has 5 nitrogen and oxygen atoms in total. The summed E-state index contributed by atoms with van der Waals surface area (Å²) in [6.07, 6.45) is 3.97. The summed E-state index contributed by atoms with van der Waals surface area (Å²) >= 11 is 0. The number of hydrogen-bond donors (Lipinski definition) is 2. The van der Waals surface area contributed by atoms with Gasteiger partial charge in [0.2, 0.25) is 0 Å². The molecule has 30 heavy (non-hydrogen) atoms. The Balaban J connectivity index is 1.30. The van der Waals surface area contributed by atoms with E-state index >= 15 is 0 Å². The van der Waals surface area contributed by atoms with E-state index in [1.807, 2.05) is 30.3 Å². The van der Waals surface area contributed by atoms with E-state index in [4.69, 9.17) is 0 Å². The van der Waals surface area contributed by atoms with Gasteiger partial charge in [0, 0.05) is 48.4 Å². The quantitative estimate of drug-likeness (QED) is 0.627. The minimum Gasteiger partial charge on any atom is -0.392 e. The number of likely N-dealkylation sites (tertiary alicyclic amines) is 1. The number of piperidine rings is 1. The highest BCUT2D eigenvalue weighted by molar-refractivity contribution is 5.89. The molecule has 156 valence electrons. The van der Waals surface area contributed by atoms with Gasteiger partial charge in [0.05, 0.1) is 18.7 Å². The molecule has 2 heterocycles. The first-order valence-corrected chi connectivity index (χ1v) is 10.3. The van der Waals surface area contributed by atoms with Crippen molar-refractivity contribution < 1.29 is 14.3 Å². The number of aliphatic hydroxyl groups is 1. The Kier molecular flexibility index (Phi) is 6.35. The van der Waals surface area contributed by atoms with Gasteiger partial charge in [-0.3, -0.25) is 14.7 Å². The number of carbonyl (C=O) groups excluding carboxylic acids is 1. The molecule has 4 rings (SSSR count). The summed E-state index contributed by atoms with van der Waals surface area (Å²) in [6.45, 7) is 1.91. The molecule has 0 spiro atoms. The molecule has 1 aromatic heterocycles. The van der Waals surface area contributed by atoms with Crippen molar-refractivity contribution in [1.29, 1.82) is 0 Å². The molecule has 2 aromatic carbocycles. The summed E-state index contributed by atoms with van der Waals surface area (Å²) in [4.78, 5) is 19.2. The first-order chi connectivity index (χ1) is 14.6. The minimum atomic E-state index is -0.347. The highest BCUT2D eigenvalue weighted by atomic mass is 19.1. The van der Waals surface area contributed by atoms with Crippen LogP contribution >= 0.6 is 0 Å². The van der Waals surface area contributed by atoms with Crippen molar-refractivity contribution in [2.24, 2.45) is 0 Å². The Morgan fingerprint density at radius 2 is 1.97 bits per heavy atom. The first kappa shape index (κ1) is 20.4. The van der Waals surface area contributed by atoms with Crippen LogP contribution in [0.3, 0.4) is 0 Å². The van der Waals surface area contributed by atoms with Gasteiger partial charge < -0.3 is 10.4 Å². The largest absolute Gasteiger partial charge is 0.392 e. The zero-order valence-corrected chi connectivity index (χ0v) is 16.9. The molecular weight excluding hydrogens is 381 g/mol. The molecular formula is C24H26FN3O2. The molecule has 1 fully saturated rings. The standard InChI is InChI=1S/C24H26FN3O2/c25-19-6-7-23(18(13-19)16-29)27-20-8-11-28(12-9-20)15-21(30)14-17-3-1-5-24-22(17)4-2-10-26-24/h1-7,10,13,20,27,29H,8-9,11-12,14-16H2. The molecule has 3 aromatic rings. The van der Waals surface area contributed by atoms with Crippen molar-refractivity contribution in [2.45, 2.75) is 31.9 Å². The lowest BCUT2D eigenvalue weighted by atomic mass is 10.0. The van der Waals surface area contributed by atoms with E-state index in [1.165, 1.54) is 12.1 Å². The Morgan fingerprint density at radius 1 is 1.13 bits per heavy atom. The number of aliphatic hydroxyl groups excluding tert-OH is 1. The number of pyridine rings is 1. The number of benzene rings is 2. The maximum atomic E-state index is 13.3. The summed E-state index contributed by atoms with van der Waals surface area (Å²) in [5, 5.41) is 13.9. The smallest absolute Gasteiger partial charge is 0.151 e. The first-order valence-electron chi connectivity index (χ1n) is 10.3. The molecule has 0 saturated carbocycles. The number of nitrogens with zero attached hydrogens (tertiary/aromatic N) is 2. The van der Waals surface area contributed by atoms with Crippen molar-refractivity contribution in [3.8, 4) is 0 Å². The molecule has 0 radical (unpaired) electrons. The highest BCUT2D eigenvalue weighted by Gasteiger charge is 2.21. The average Bonchev–Trinajstić information content (AvgIpc) is 2.76. The zero-order chi connectivity index (χ0) is 20.9. The lowest BCUT2D eigenvalue weighted by Crippen LogP contribution is -2.41. The zero-order valence-electron chi connectivity index (χ0n) is 16.9. The van der Waals surface area contributed by atoms with E-state index < -0.39 is 0 Å². The predicted octanol–water partition coefficient (Wildman–Crippen LogP) is 3.55. The third-order valence-corrected chi connectivity index (χ3v) is 5.71. The molecule has 0 aliphatic carbocycles. The van der Waals surface area contributed by atoms with Crippen LogP contribution in [0.4, 0.5) is 10.1 Å². The third kappa shape index (κ3) is 4.83. The fourth-order valence-electron chi connectivity index (χ4n) is 4.13. The van der Waals surface area contributed by atoms with Crippen LogP contribution < -0.4 is 5.32 Å². The summed E-state index contributed by atoms with van der Waals surface area (Å²) in [5.41, 5.74) is 3.28. The van der Waals surface area contributed by atoms with Gasteiger partial charge in [-0.25, -0.2) is 4.39 Å². The van der Waals surface area contributed by atoms with Crippen molar-refractivity contribution in [1.82, 2.24) is 9.88 Å². The average molecular weight is 407 g/mol. The van der Waals surface area contributed by atoms with E-state index in [-0.39, 0.29) is 24.2 Å². The van der Waals surface area contributed by atoms with Gasteiger partial charge in [-0.2, -0.15) is 0 Å². The van der Waals surface area contributed by atoms with Crippen LogP contribution in [0.15, 0.2) is 54.7 Å². The molecule has 0 atom stereocenters. The van der Waals surface area contributed by atoms with Gasteiger partial charge in [-0.1, -0.05) is 18.2 Å². The van der Waals surface area contributed by atoms with Gasteiger partial charge in [0.1, 0.15) is 5.82 Å². The number of hydrogen-bond acceptors (Lipinski definition) is 5. The van der Waals surface area contributed by atoms with Gasteiger partial charge >= 0.3 is 0 Å². The van der Waals surface area contributed by atoms with Crippen molar-refractivity contribution >= 4 is 22.4 Å². The van der Waals surface area contributed by atoms with Crippen molar-refractivity contribution in [2.75, 3.05) is 25.0 Å². The van der Waals surface area contributed by atoms with E-state index in [2.05, 4.69) is 15.2 Å². The predicted molar refractivity (Wildman–Crippen MR) is 116 cm³/mol. The second-order valence-electron chi connectivity index (χ2n) is 7.86. The van der Waals surface area contributed by atoms with Gasteiger partial charge in [0.15, 0.2) is 5.78 Å². The van der Waals surface area contributed by atoms with E-state index in [9.17, 15) is 14.3 Å². The highest BCUT2D eigenvalue weighted by Crippen LogP contribution is 2.22. The van der Waals surface area contributed by atoms with E-state index in [0.717, 1.165) is 48.1 Å². The Morgan fingerprint density at radius 3 is 2.77 bits per heavy atom. The number of nitrogens with one attached hydrogen (secondary N) is 1. The molecule has 1 saturated heterocycles. The van der Waals surface area contributed by atoms with E-state index in [0.29, 0.717) is 18.5 Å². The minimum absolute atomic E-state index is 0.197. The number of halogens is 1. The Bertz CT molecular complexity index is 1030. The summed E-state index contributed by atoms with van der Waals surface area (Å²) in [6, 6.07) is 14.5. The molecule has 2 N–H and O–H groups in total. The summed E-state index contributed by atoms with van der Waals surface area (Å²) in [5.74, 6) is -0.140. The van der Waals surface area contributed by atoms with Crippen LogP contribution in [-0.4, -0.2) is 46.4 Å². The molecule has 1 aliphatic rings. The number of aromatic nitrogens is 1. The summed E-state index contributed by atoms with van der Waals surface area (Å²) < 4.78 is 13.3. The van der Waals surface area contributed by atoms with Crippen LogP contribution in [0.5, 0.6) is 0 Å². The maximum absolute atomic E-state index is 13.3. The Labute approximate surface area is 175 Å². The number of carbonyl (C=O) groups is 1.